The van der Waals surface area contributed by atoms with Crippen LogP contribution in [0.3, 0.4) is 0 Å². The summed E-state index contributed by atoms with van der Waals surface area (Å²) in [7, 11) is -3.23. The molecule has 0 spiro atoms. The zero-order valence-corrected chi connectivity index (χ0v) is 16.9. The molecule has 1 aliphatic carbocycles. The summed E-state index contributed by atoms with van der Waals surface area (Å²) in [5.41, 5.74) is 2.58. The molecular weight excluding hydrogens is 379 g/mol. The number of aromatic amines is 1. The van der Waals surface area contributed by atoms with Crippen molar-refractivity contribution in [3.05, 3.63) is 41.8 Å². The summed E-state index contributed by atoms with van der Waals surface area (Å²) >= 11 is 0. The molecule has 1 saturated heterocycles. The Kier molecular flexibility index (Phi) is 5.28. The number of H-pyrrole nitrogens is 1. The fourth-order valence-electron chi connectivity index (χ4n) is 4.29. The van der Waals surface area contributed by atoms with Crippen molar-refractivity contribution < 1.29 is 12.8 Å². The second-order valence-electron chi connectivity index (χ2n) is 8.36. The molecule has 0 amide bonds. The number of likely N-dealkylation sites (tertiary alicyclic amines) is 1. The molecular formula is C20H27FN4O2S. The van der Waals surface area contributed by atoms with Gasteiger partial charge in [-0.15, -0.1) is 0 Å². The van der Waals surface area contributed by atoms with E-state index in [4.69, 9.17) is 0 Å². The highest BCUT2D eigenvalue weighted by Gasteiger charge is 2.41. The van der Waals surface area contributed by atoms with Gasteiger partial charge in [0.05, 0.1) is 18.1 Å². The van der Waals surface area contributed by atoms with Gasteiger partial charge >= 0.3 is 0 Å². The van der Waals surface area contributed by atoms with Crippen LogP contribution in [0.4, 0.5) is 4.39 Å². The average molecular weight is 407 g/mol. The van der Waals surface area contributed by atoms with Crippen molar-refractivity contribution in [2.45, 2.75) is 44.2 Å². The zero-order chi connectivity index (χ0) is 19.8. The quantitative estimate of drug-likeness (QED) is 0.741. The van der Waals surface area contributed by atoms with Crippen LogP contribution in [0.1, 0.15) is 37.7 Å². The first kappa shape index (κ1) is 19.5. The maximum atomic E-state index is 13.2. The number of nitrogens with one attached hydrogen (secondary N) is 2. The molecule has 0 radical (unpaired) electrons. The van der Waals surface area contributed by atoms with E-state index in [1.807, 2.05) is 6.20 Å². The molecule has 2 aromatic rings. The highest BCUT2D eigenvalue weighted by atomic mass is 32.2. The minimum Gasteiger partial charge on any atom is -0.299 e. The Morgan fingerprint density at radius 2 is 1.93 bits per heavy atom. The summed E-state index contributed by atoms with van der Waals surface area (Å²) in [6.07, 6.45) is 8.09. The van der Waals surface area contributed by atoms with Crippen LogP contribution in [0.2, 0.25) is 0 Å². The molecule has 2 fully saturated rings. The van der Waals surface area contributed by atoms with Crippen molar-refractivity contribution in [3.8, 4) is 11.3 Å². The van der Waals surface area contributed by atoms with Gasteiger partial charge in [0.2, 0.25) is 10.0 Å². The maximum absolute atomic E-state index is 13.2. The predicted octanol–water partition coefficient (Wildman–Crippen LogP) is 2.90. The summed E-state index contributed by atoms with van der Waals surface area (Å²) in [6, 6.07) is 6.40. The Balaban J connectivity index is 1.43. The topological polar surface area (TPSA) is 78.1 Å². The van der Waals surface area contributed by atoms with Gasteiger partial charge in [-0.25, -0.2) is 17.5 Å². The molecule has 1 aliphatic heterocycles. The van der Waals surface area contributed by atoms with Crippen molar-refractivity contribution in [2.75, 3.05) is 19.3 Å². The summed E-state index contributed by atoms with van der Waals surface area (Å²) in [5.74, 6) is 0.408. The van der Waals surface area contributed by atoms with E-state index < -0.39 is 10.0 Å². The number of rotatable bonds is 7. The van der Waals surface area contributed by atoms with E-state index in [-0.39, 0.29) is 11.4 Å². The average Bonchev–Trinajstić information content (AvgIpc) is 3.31. The largest absolute Gasteiger partial charge is 0.299 e. The molecule has 1 aromatic heterocycles. The number of hydrogen-bond acceptors (Lipinski definition) is 4. The second kappa shape index (κ2) is 7.57. The van der Waals surface area contributed by atoms with Crippen molar-refractivity contribution in [1.82, 2.24) is 19.8 Å². The van der Waals surface area contributed by atoms with Crippen molar-refractivity contribution in [2.24, 2.45) is 5.92 Å². The Morgan fingerprint density at radius 1 is 1.25 bits per heavy atom. The first-order valence-corrected chi connectivity index (χ1v) is 11.7. The van der Waals surface area contributed by atoms with Crippen LogP contribution in [0.5, 0.6) is 0 Å². The normalized spacial score (nSPS) is 20.4. The fraction of sp³-hybridized carbons (Fsp3) is 0.550. The standard InChI is InChI=1S/C20H27FN4O2S/c1-28(26,27)24-20(12-15-2-3-15)8-10-25(11-9-20)14-17-13-22-23-19(17)16-4-6-18(21)7-5-16/h4-7,13,15,24H,2-3,8-12,14H2,1H3,(H,22,23). The van der Waals surface area contributed by atoms with Crippen LogP contribution in [0, 0.1) is 11.7 Å². The third kappa shape index (κ3) is 4.79. The third-order valence-corrected chi connectivity index (χ3v) is 6.64. The van der Waals surface area contributed by atoms with E-state index in [1.165, 1.54) is 31.2 Å². The van der Waals surface area contributed by atoms with Gasteiger partial charge in [0.1, 0.15) is 5.82 Å². The van der Waals surface area contributed by atoms with Crippen molar-refractivity contribution in [1.29, 1.82) is 0 Å². The SMILES string of the molecule is CS(=O)(=O)NC1(CC2CC2)CCN(Cc2cn[nH]c2-c2ccc(F)cc2)CC1. The number of halogens is 1. The van der Waals surface area contributed by atoms with Crippen LogP contribution < -0.4 is 4.72 Å². The molecule has 4 rings (SSSR count). The molecule has 2 N–H and O–H groups in total. The van der Waals surface area contributed by atoms with E-state index in [1.54, 1.807) is 12.1 Å². The van der Waals surface area contributed by atoms with Gasteiger partial charge in [0.15, 0.2) is 0 Å². The molecule has 0 bridgehead atoms. The van der Waals surface area contributed by atoms with Crippen LogP contribution in [0.15, 0.2) is 30.5 Å². The first-order valence-electron chi connectivity index (χ1n) is 9.81. The van der Waals surface area contributed by atoms with E-state index in [0.29, 0.717) is 5.92 Å². The molecule has 28 heavy (non-hydrogen) atoms. The molecule has 1 aromatic carbocycles. The summed E-state index contributed by atoms with van der Waals surface area (Å²) < 4.78 is 40.0. The Bertz CT molecular complexity index is 914. The fourth-order valence-corrected chi connectivity index (χ4v) is 5.37. The number of nitrogens with zero attached hydrogens (tertiary/aromatic N) is 2. The van der Waals surface area contributed by atoms with E-state index in [9.17, 15) is 12.8 Å². The lowest BCUT2D eigenvalue weighted by molar-refractivity contribution is 0.134. The van der Waals surface area contributed by atoms with Crippen LogP contribution in [-0.2, 0) is 16.6 Å². The van der Waals surface area contributed by atoms with E-state index >= 15 is 0 Å². The van der Waals surface area contributed by atoms with Gasteiger partial charge < -0.3 is 0 Å². The van der Waals surface area contributed by atoms with Gasteiger partial charge in [0, 0.05) is 36.3 Å². The number of piperidine rings is 1. The number of benzene rings is 1. The second-order valence-corrected chi connectivity index (χ2v) is 10.1. The van der Waals surface area contributed by atoms with Gasteiger partial charge in [0.25, 0.3) is 0 Å². The highest BCUT2D eigenvalue weighted by Crippen LogP contribution is 2.41. The van der Waals surface area contributed by atoms with Crippen molar-refractivity contribution >= 4 is 10.0 Å². The Morgan fingerprint density at radius 3 is 2.54 bits per heavy atom. The maximum Gasteiger partial charge on any atom is 0.209 e. The molecule has 0 atom stereocenters. The highest BCUT2D eigenvalue weighted by molar-refractivity contribution is 7.88. The number of hydrogen-bond donors (Lipinski definition) is 2. The molecule has 8 heteroatoms. The Labute approximate surface area is 165 Å². The minimum absolute atomic E-state index is 0.258. The van der Waals surface area contributed by atoms with Gasteiger partial charge in [-0.1, -0.05) is 12.8 Å². The lowest BCUT2D eigenvalue weighted by Gasteiger charge is -2.42. The zero-order valence-electron chi connectivity index (χ0n) is 16.1. The van der Waals surface area contributed by atoms with Crippen LogP contribution >= 0.6 is 0 Å². The molecule has 152 valence electrons. The minimum atomic E-state index is -3.23. The summed E-state index contributed by atoms with van der Waals surface area (Å²) in [5, 5.41) is 7.20. The van der Waals surface area contributed by atoms with Gasteiger partial charge in [-0.05, 0) is 49.4 Å². The monoisotopic (exact) mass is 406 g/mol. The number of sulfonamides is 1. The van der Waals surface area contributed by atoms with Crippen LogP contribution in [-0.4, -0.2) is 48.4 Å². The number of aromatic nitrogens is 2. The smallest absolute Gasteiger partial charge is 0.209 e. The summed E-state index contributed by atoms with van der Waals surface area (Å²) in [6.45, 7) is 2.41. The lowest BCUT2D eigenvalue weighted by atomic mass is 9.83. The molecule has 6 nitrogen and oxygen atoms in total. The van der Waals surface area contributed by atoms with Crippen molar-refractivity contribution in [3.63, 3.8) is 0 Å². The lowest BCUT2D eigenvalue weighted by Crippen LogP contribution is -2.55. The Hall–Kier alpha value is -1.77. The van der Waals surface area contributed by atoms with Crippen LogP contribution in [0.25, 0.3) is 11.3 Å². The van der Waals surface area contributed by atoms with E-state index in [2.05, 4.69) is 19.8 Å². The first-order chi connectivity index (χ1) is 13.3. The van der Waals surface area contributed by atoms with Gasteiger partial charge in [-0.2, -0.15) is 5.10 Å². The molecule has 0 unspecified atom stereocenters. The molecule has 2 aliphatic rings. The summed E-state index contributed by atoms with van der Waals surface area (Å²) in [4.78, 5) is 2.34. The molecule has 2 heterocycles. The van der Waals surface area contributed by atoms with E-state index in [0.717, 1.165) is 55.7 Å². The third-order valence-electron chi connectivity index (χ3n) is 5.84. The molecule has 1 saturated carbocycles. The van der Waals surface area contributed by atoms with Gasteiger partial charge in [-0.3, -0.25) is 10.00 Å². The predicted molar refractivity (Wildman–Crippen MR) is 107 cm³/mol.